The van der Waals surface area contributed by atoms with E-state index in [2.05, 4.69) is 17.1 Å². The summed E-state index contributed by atoms with van der Waals surface area (Å²) in [5.74, 6) is 0.326. The molecule has 0 aromatic carbocycles. The lowest BCUT2D eigenvalue weighted by Crippen LogP contribution is -2.48. The number of likely N-dealkylation sites (tertiary alicyclic amines) is 1. The second-order valence-corrected chi connectivity index (χ2v) is 6.24. The summed E-state index contributed by atoms with van der Waals surface area (Å²) in [6.07, 6.45) is 0.979. The number of hydrogen-bond acceptors (Lipinski definition) is 4. The number of nitrogens with one attached hydrogen (secondary N) is 1. The fraction of sp³-hybridized carbons (Fsp3) is 0.846. The Balaban J connectivity index is 1.86. The van der Waals surface area contributed by atoms with Crippen molar-refractivity contribution in [2.45, 2.75) is 38.8 Å². The van der Waals surface area contributed by atoms with Crippen molar-refractivity contribution in [1.82, 2.24) is 15.1 Å². The van der Waals surface area contributed by atoms with Gasteiger partial charge in [-0.05, 0) is 32.7 Å². The number of carbonyl (C=O) groups is 2. The van der Waals surface area contributed by atoms with E-state index in [1.807, 2.05) is 0 Å². The summed E-state index contributed by atoms with van der Waals surface area (Å²) in [4.78, 5) is 27.4. The van der Waals surface area contributed by atoms with Gasteiger partial charge < -0.3 is 16.0 Å². The first kappa shape index (κ1) is 14.3. The second-order valence-electron chi connectivity index (χ2n) is 6.24. The molecule has 3 amide bonds. The monoisotopic (exact) mass is 268 g/mol. The Morgan fingerprint density at radius 1 is 1.37 bits per heavy atom. The molecule has 2 saturated heterocycles. The van der Waals surface area contributed by atoms with Gasteiger partial charge in [-0.1, -0.05) is 6.92 Å². The number of nitrogens with two attached hydrogens (primary N) is 1. The van der Waals surface area contributed by atoms with E-state index in [1.165, 1.54) is 4.90 Å². The zero-order chi connectivity index (χ0) is 14.2. The molecule has 108 valence electrons. The van der Waals surface area contributed by atoms with E-state index in [1.54, 1.807) is 13.8 Å². The van der Waals surface area contributed by atoms with Gasteiger partial charge in [-0.2, -0.15) is 0 Å². The van der Waals surface area contributed by atoms with Crippen molar-refractivity contribution in [3.8, 4) is 0 Å². The van der Waals surface area contributed by atoms with Crippen molar-refractivity contribution >= 4 is 11.9 Å². The van der Waals surface area contributed by atoms with E-state index in [-0.39, 0.29) is 18.0 Å². The fourth-order valence-electron chi connectivity index (χ4n) is 2.72. The van der Waals surface area contributed by atoms with Crippen LogP contribution in [0.15, 0.2) is 0 Å². The van der Waals surface area contributed by atoms with E-state index in [4.69, 9.17) is 5.73 Å². The SMILES string of the molecule is CC1CN(CCN2C(=O)NC(C)(C)C2=O)CCC1N. The van der Waals surface area contributed by atoms with Gasteiger partial charge >= 0.3 is 6.03 Å². The molecule has 0 aliphatic carbocycles. The van der Waals surface area contributed by atoms with Gasteiger partial charge in [-0.25, -0.2) is 4.79 Å². The molecular formula is C13H24N4O2. The molecule has 2 heterocycles. The lowest BCUT2D eigenvalue weighted by Gasteiger charge is -2.35. The van der Waals surface area contributed by atoms with Crippen LogP contribution in [0.25, 0.3) is 0 Å². The zero-order valence-corrected chi connectivity index (χ0v) is 12.0. The molecule has 2 rings (SSSR count). The standard InChI is InChI=1S/C13H24N4O2/c1-9-8-16(5-4-10(9)14)6-7-17-11(18)13(2,3)15-12(17)19/h9-10H,4-8,14H2,1-3H3,(H,15,19). The summed E-state index contributed by atoms with van der Waals surface area (Å²) < 4.78 is 0. The normalized spacial score (nSPS) is 31.7. The number of imide groups is 1. The van der Waals surface area contributed by atoms with Gasteiger partial charge in [-0.3, -0.25) is 9.69 Å². The minimum absolute atomic E-state index is 0.140. The van der Waals surface area contributed by atoms with Crippen LogP contribution in [0.3, 0.4) is 0 Å². The molecule has 0 radical (unpaired) electrons. The number of carbonyl (C=O) groups excluding carboxylic acids is 2. The molecule has 2 unspecified atom stereocenters. The van der Waals surface area contributed by atoms with Gasteiger partial charge in [0, 0.05) is 25.7 Å². The van der Waals surface area contributed by atoms with Crippen LogP contribution in [-0.4, -0.2) is 59.5 Å². The Kier molecular flexibility index (Phi) is 3.82. The molecule has 6 nitrogen and oxygen atoms in total. The van der Waals surface area contributed by atoms with Crippen molar-refractivity contribution in [2.24, 2.45) is 11.7 Å². The molecule has 0 aromatic heterocycles. The quantitative estimate of drug-likeness (QED) is 0.705. The molecule has 2 atom stereocenters. The Hall–Kier alpha value is -1.14. The Labute approximate surface area is 114 Å². The Bertz CT molecular complexity index is 383. The number of hydrogen-bond donors (Lipinski definition) is 2. The van der Waals surface area contributed by atoms with E-state index >= 15 is 0 Å². The highest BCUT2D eigenvalue weighted by Crippen LogP contribution is 2.18. The summed E-state index contributed by atoms with van der Waals surface area (Å²) in [7, 11) is 0. The molecule has 0 saturated carbocycles. The van der Waals surface area contributed by atoms with Crippen molar-refractivity contribution in [1.29, 1.82) is 0 Å². The zero-order valence-electron chi connectivity index (χ0n) is 12.0. The first-order chi connectivity index (χ1) is 8.81. The van der Waals surface area contributed by atoms with Crippen LogP contribution in [0.2, 0.25) is 0 Å². The van der Waals surface area contributed by atoms with Gasteiger partial charge in [-0.15, -0.1) is 0 Å². The van der Waals surface area contributed by atoms with Crippen molar-refractivity contribution in [3.63, 3.8) is 0 Å². The Morgan fingerprint density at radius 2 is 2.05 bits per heavy atom. The van der Waals surface area contributed by atoms with E-state index in [9.17, 15) is 9.59 Å². The minimum Gasteiger partial charge on any atom is -0.327 e. The first-order valence-corrected chi connectivity index (χ1v) is 6.93. The third-order valence-electron chi connectivity index (χ3n) is 4.14. The number of rotatable bonds is 3. The topological polar surface area (TPSA) is 78.7 Å². The van der Waals surface area contributed by atoms with Crippen LogP contribution in [0.4, 0.5) is 4.79 Å². The maximum Gasteiger partial charge on any atom is 0.325 e. The Morgan fingerprint density at radius 3 is 2.58 bits per heavy atom. The molecule has 19 heavy (non-hydrogen) atoms. The number of amides is 3. The van der Waals surface area contributed by atoms with Gasteiger partial charge in [0.15, 0.2) is 0 Å². The average Bonchev–Trinajstić information content (AvgIpc) is 2.51. The van der Waals surface area contributed by atoms with Gasteiger partial charge in [0.05, 0.1) is 0 Å². The van der Waals surface area contributed by atoms with Gasteiger partial charge in [0.2, 0.25) is 0 Å². The van der Waals surface area contributed by atoms with Crippen molar-refractivity contribution in [2.75, 3.05) is 26.2 Å². The fourth-order valence-corrected chi connectivity index (χ4v) is 2.72. The molecule has 0 spiro atoms. The van der Waals surface area contributed by atoms with Gasteiger partial charge in [0.25, 0.3) is 5.91 Å². The average molecular weight is 268 g/mol. The summed E-state index contributed by atoms with van der Waals surface area (Å²) in [6, 6.07) is -0.0105. The summed E-state index contributed by atoms with van der Waals surface area (Å²) in [6.45, 7) is 8.67. The maximum absolute atomic E-state index is 12.0. The summed E-state index contributed by atoms with van der Waals surface area (Å²) in [5.41, 5.74) is 5.21. The molecule has 2 aliphatic heterocycles. The van der Waals surface area contributed by atoms with Crippen LogP contribution in [0.1, 0.15) is 27.2 Å². The highest BCUT2D eigenvalue weighted by molar-refractivity contribution is 6.06. The largest absolute Gasteiger partial charge is 0.327 e. The predicted molar refractivity (Wildman–Crippen MR) is 72.5 cm³/mol. The third-order valence-corrected chi connectivity index (χ3v) is 4.14. The number of nitrogens with zero attached hydrogens (tertiary/aromatic N) is 2. The molecule has 2 fully saturated rings. The second kappa shape index (κ2) is 5.09. The van der Waals surface area contributed by atoms with E-state index in [0.29, 0.717) is 12.5 Å². The summed E-state index contributed by atoms with van der Waals surface area (Å²) >= 11 is 0. The third kappa shape index (κ3) is 2.90. The number of piperidine rings is 1. The smallest absolute Gasteiger partial charge is 0.325 e. The molecular weight excluding hydrogens is 244 g/mol. The predicted octanol–water partition coefficient (Wildman–Crippen LogP) is -0.0141. The lowest BCUT2D eigenvalue weighted by atomic mass is 9.95. The molecule has 3 N–H and O–H groups in total. The van der Waals surface area contributed by atoms with Crippen molar-refractivity contribution < 1.29 is 9.59 Å². The van der Waals surface area contributed by atoms with Crippen LogP contribution < -0.4 is 11.1 Å². The van der Waals surface area contributed by atoms with Crippen molar-refractivity contribution in [3.05, 3.63) is 0 Å². The highest BCUT2D eigenvalue weighted by atomic mass is 16.2. The van der Waals surface area contributed by atoms with E-state index < -0.39 is 5.54 Å². The van der Waals surface area contributed by atoms with Crippen LogP contribution in [0.5, 0.6) is 0 Å². The molecule has 6 heteroatoms. The van der Waals surface area contributed by atoms with Crippen LogP contribution >= 0.6 is 0 Å². The van der Waals surface area contributed by atoms with E-state index in [0.717, 1.165) is 26.1 Å². The molecule has 2 aliphatic rings. The van der Waals surface area contributed by atoms with Crippen LogP contribution in [0, 0.1) is 5.92 Å². The van der Waals surface area contributed by atoms with Crippen LogP contribution in [-0.2, 0) is 4.79 Å². The maximum atomic E-state index is 12.0. The van der Waals surface area contributed by atoms with Gasteiger partial charge in [0.1, 0.15) is 5.54 Å². The number of urea groups is 1. The highest BCUT2D eigenvalue weighted by Gasteiger charge is 2.44. The summed E-state index contributed by atoms with van der Waals surface area (Å²) in [5, 5.41) is 2.70. The first-order valence-electron chi connectivity index (χ1n) is 6.93. The molecule has 0 bridgehead atoms. The minimum atomic E-state index is -0.769. The molecule has 0 aromatic rings. The lowest BCUT2D eigenvalue weighted by molar-refractivity contribution is -0.130.